The molecule has 1 fully saturated rings. The maximum absolute atomic E-state index is 12.1. The SMILES string of the molecule is O=C(NNC(=O)C(F)F)c1cnc(NC2(c3ccc(Cl)c(Cl)c3)CCC2)nc1. The molecular formula is C17H15Cl2F2N5O2. The van der Waals surface area contributed by atoms with Gasteiger partial charge in [-0.25, -0.2) is 9.97 Å². The first-order chi connectivity index (χ1) is 13.3. The van der Waals surface area contributed by atoms with Crippen molar-refractivity contribution >= 4 is 41.0 Å². The van der Waals surface area contributed by atoms with Gasteiger partial charge in [0.15, 0.2) is 0 Å². The first kappa shape index (κ1) is 20.2. The molecule has 1 heterocycles. The molecule has 0 atom stereocenters. The Bertz CT molecular complexity index is 892. The molecule has 1 aromatic heterocycles. The Morgan fingerprint density at radius 1 is 1.07 bits per heavy atom. The molecule has 2 amide bonds. The van der Waals surface area contributed by atoms with E-state index in [0.29, 0.717) is 16.0 Å². The zero-order valence-corrected chi connectivity index (χ0v) is 15.8. The molecule has 0 saturated heterocycles. The maximum atomic E-state index is 12.1. The summed E-state index contributed by atoms with van der Waals surface area (Å²) in [5.74, 6) is -2.14. The van der Waals surface area contributed by atoms with E-state index in [4.69, 9.17) is 23.2 Å². The molecule has 2 aromatic rings. The van der Waals surface area contributed by atoms with Crippen molar-refractivity contribution in [3.63, 3.8) is 0 Å². The Labute approximate surface area is 168 Å². The highest BCUT2D eigenvalue weighted by atomic mass is 35.5. The molecule has 11 heteroatoms. The maximum Gasteiger partial charge on any atom is 0.317 e. The second-order valence-electron chi connectivity index (χ2n) is 6.23. The molecule has 7 nitrogen and oxygen atoms in total. The van der Waals surface area contributed by atoms with Gasteiger partial charge in [0.05, 0.1) is 21.1 Å². The number of aromatic nitrogens is 2. The zero-order chi connectivity index (χ0) is 20.3. The smallest absolute Gasteiger partial charge is 0.317 e. The number of amides is 2. The van der Waals surface area contributed by atoms with E-state index < -0.39 is 18.2 Å². The number of rotatable bonds is 5. The summed E-state index contributed by atoms with van der Waals surface area (Å²) < 4.78 is 24.2. The van der Waals surface area contributed by atoms with Crippen LogP contribution in [-0.4, -0.2) is 28.2 Å². The van der Waals surface area contributed by atoms with Crippen LogP contribution in [0.4, 0.5) is 14.7 Å². The molecular weight excluding hydrogens is 415 g/mol. The van der Waals surface area contributed by atoms with E-state index >= 15 is 0 Å². The van der Waals surface area contributed by atoms with Crippen LogP contribution in [0, 0.1) is 0 Å². The Morgan fingerprint density at radius 3 is 2.29 bits per heavy atom. The van der Waals surface area contributed by atoms with Crippen LogP contribution in [-0.2, 0) is 10.3 Å². The minimum atomic E-state index is -3.23. The van der Waals surface area contributed by atoms with Crippen LogP contribution in [0.2, 0.25) is 10.0 Å². The van der Waals surface area contributed by atoms with Crippen LogP contribution < -0.4 is 16.2 Å². The second kappa shape index (κ2) is 8.24. The summed E-state index contributed by atoms with van der Waals surface area (Å²) in [5, 5.41) is 4.17. The highest BCUT2D eigenvalue weighted by molar-refractivity contribution is 6.42. The van der Waals surface area contributed by atoms with Crippen molar-refractivity contribution in [2.24, 2.45) is 0 Å². The van der Waals surface area contributed by atoms with Crippen LogP contribution in [0.15, 0.2) is 30.6 Å². The molecule has 0 bridgehead atoms. The lowest BCUT2D eigenvalue weighted by Gasteiger charge is -2.43. The highest BCUT2D eigenvalue weighted by Crippen LogP contribution is 2.44. The molecule has 1 aliphatic rings. The fraction of sp³-hybridized carbons (Fsp3) is 0.294. The molecule has 28 heavy (non-hydrogen) atoms. The molecule has 1 aliphatic carbocycles. The van der Waals surface area contributed by atoms with Crippen molar-refractivity contribution in [2.45, 2.75) is 31.2 Å². The summed E-state index contributed by atoms with van der Waals surface area (Å²) in [6.07, 6.45) is 1.91. The van der Waals surface area contributed by atoms with Gasteiger partial charge in [0.2, 0.25) is 5.95 Å². The van der Waals surface area contributed by atoms with Crippen molar-refractivity contribution in [2.75, 3.05) is 5.32 Å². The molecule has 1 aromatic carbocycles. The predicted molar refractivity (Wildman–Crippen MR) is 99.3 cm³/mol. The number of anilines is 1. The number of nitrogens with zero attached hydrogens (tertiary/aromatic N) is 2. The second-order valence-corrected chi connectivity index (χ2v) is 7.04. The first-order valence-electron chi connectivity index (χ1n) is 8.25. The van der Waals surface area contributed by atoms with Crippen molar-refractivity contribution in [1.29, 1.82) is 0 Å². The Hall–Kier alpha value is -2.52. The van der Waals surface area contributed by atoms with Gasteiger partial charge in [-0.15, -0.1) is 0 Å². The van der Waals surface area contributed by atoms with Crippen LogP contribution >= 0.6 is 23.2 Å². The summed E-state index contributed by atoms with van der Waals surface area (Å²) in [5.41, 5.74) is 4.03. The van der Waals surface area contributed by atoms with E-state index in [1.165, 1.54) is 12.4 Å². The number of alkyl halides is 2. The number of halogens is 4. The van der Waals surface area contributed by atoms with Gasteiger partial charge in [-0.3, -0.25) is 20.4 Å². The van der Waals surface area contributed by atoms with Crippen molar-refractivity contribution in [3.8, 4) is 0 Å². The van der Waals surface area contributed by atoms with Crippen LogP contribution in [0.1, 0.15) is 35.2 Å². The number of carbonyl (C=O) groups is 2. The van der Waals surface area contributed by atoms with E-state index in [1.807, 2.05) is 11.5 Å². The molecule has 3 N–H and O–H groups in total. The van der Waals surface area contributed by atoms with E-state index in [2.05, 4.69) is 15.3 Å². The summed E-state index contributed by atoms with van der Waals surface area (Å²) in [6.45, 7) is 0. The zero-order valence-electron chi connectivity index (χ0n) is 14.3. The summed E-state index contributed by atoms with van der Waals surface area (Å²) in [7, 11) is 0. The molecule has 0 radical (unpaired) electrons. The third-order valence-electron chi connectivity index (χ3n) is 4.44. The van der Waals surface area contributed by atoms with Crippen LogP contribution in [0.3, 0.4) is 0 Å². The third kappa shape index (κ3) is 4.31. The number of benzene rings is 1. The number of hydrogen-bond acceptors (Lipinski definition) is 5. The molecule has 1 saturated carbocycles. The Kier molecular flexibility index (Phi) is 5.95. The van der Waals surface area contributed by atoms with Gasteiger partial charge in [-0.2, -0.15) is 8.78 Å². The monoisotopic (exact) mass is 429 g/mol. The number of carbonyl (C=O) groups excluding carboxylic acids is 2. The molecule has 148 valence electrons. The van der Waals surface area contributed by atoms with Gasteiger partial charge in [0.1, 0.15) is 0 Å². The van der Waals surface area contributed by atoms with Crippen molar-refractivity contribution in [3.05, 3.63) is 51.8 Å². The van der Waals surface area contributed by atoms with Crippen LogP contribution in [0.25, 0.3) is 0 Å². The fourth-order valence-electron chi connectivity index (χ4n) is 2.78. The Balaban J connectivity index is 1.68. The molecule has 0 spiro atoms. The summed E-state index contributed by atoms with van der Waals surface area (Å²) in [6, 6.07) is 5.40. The number of hydrazine groups is 1. The van der Waals surface area contributed by atoms with E-state index in [0.717, 1.165) is 24.8 Å². The fourth-order valence-corrected chi connectivity index (χ4v) is 3.08. The first-order valence-corrected chi connectivity index (χ1v) is 9.00. The average Bonchev–Trinajstić information content (AvgIpc) is 2.65. The predicted octanol–water partition coefficient (Wildman–Crippen LogP) is 3.30. The molecule has 0 unspecified atom stereocenters. The van der Waals surface area contributed by atoms with Crippen LogP contribution in [0.5, 0.6) is 0 Å². The summed E-state index contributed by atoms with van der Waals surface area (Å²) >= 11 is 12.1. The van der Waals surface area contributed by atoms with Gasteiger partial charge in [-0.1, -0.05) is 29.3 Å². The number of hydrogen-bond donors (Lipinski definition) is 3. The van der Waals surface area contributed by atoms with E-state index in [9.17, 15) is 18.4 Å². The lowest BCUT2D eigenvalue weighted by molar-refractivity contribution is -0.132. The van der Waals surface area contributed by atoms with Gasteiger partial charge < -0.3 is 5.32 Å². The van der Waals surface area contributed by atoms with Gasteiger partial charge in [0, 0.05) is 12.4 Å². The summed E-state index contributed by atoms with van der Waals surface area (Å²) in [4.78, 5) is 30.8. The van der Waals surface area contributed by atoms with E-state index in [1.54, 1.807) is 17.6 Å². The normalized spacial score (nSPS) is 14.9. The largest absolute Gasteiger partial charge is 0.345 e. The Morgan fingerprint density at radius 2 is 1.75 bits per heavy atom. The lowest BCUT2D eigenvalue weighted by Crippen LogP contribution is -2.44. The minimum Gasteiger partial charge on any atom is -0.345 e. The number of nitrogens with one attached hydrogen (secondary N) is 3. The third-order valence-corrected chi connectivity index (χ3v) is 5.18. The quantitative estimate of drug-likeness (QED) is 0.633. The average molecular weight is 430 g/mol. The molecule has 0 aliphatic heterocycles. The topological polar surface area (TPSA) is 96.0 Å². The van der Waals surface area contributed by atoms with Gasteiger partial charge >= 0.3 is 12.3 Å². The standard InChI is InChI=1S/C17H15Cl2F2N5O2/c18-11-3-2-10(6-12(11)19)17(4-1-5-17)24-16-22-7-9(8-23-16)14(27)25-26-15(28)13(20)21/h2-3,6-8,13H,1,4-5H2,(H,25,27)(H,26,28)(H,22,23,24). The highest BCUT2D eigenvalue weighted by Gasteiger charge is 2.39. The van der Waals surface area contributed by atoms with Gasteiger partial charge in [0.25, 0.3) is 5.91 Å². The van der Waals surface area contributed by atoms with Gasteiger partial charge in [-0.05, 0) is 37.0 Å². The van der Waals surface area contributed by atoms with Crippen molar-refractivity contribution < 1.29 is 18.4 Å². The van der Waals surface area contributed by atoms with Crippen molar-refractivity contribution in [1.82, 2.24) is 20.8 Å². The lowest BCUT2D eigenvalue weighted by atomic mass is 9.72. The minimum absolute atomic E-state index is 0.00249. The van der Waals surface area contributed by atoms with E-state index in [-0.39, 0.29) is 11.1 Å². The molecule has 3 rings (SSSR count).